The van der Waals surface area contributed by atoms with Crippen LogP contribution in [0.3, 0.4) is 0 Å². The number of carbonyl (C=O) groups is 1. The molecule has 0 radical (unpaired) electrons. The van der Waals surface area contributed by atoms with E-state index in [1.165, 1.54) is 6.42 Å². The van der Waals surface area contributed by atoms with E-state index in [4.69, 9.17) is 4.74 Å². The van der Waals surface area contributed by atoms with Crippen LogP contribution in [0.1, 0.15) is 19.8 Å². The molecule has 1 amide bonds. The second-order valence-corrected chi connectivity index (χ2v) is 5.87. The van der Waals surface area contributed by atoms with Crippen molar-refractivity contribution in [3.63, 3.8) is 0 Å². The molecule has 5 heteroatoms. The molecule has 2 aliphatic rings. The summed E-state index contributed by atoms with van der Waals surface area (Å²) in [5.74, 6) is 0.941. The van der Waals surface area contributed by atoms with Crippen LogP contribution in [0.25, 0.3) is 0 Å². The quantitative estimate of drug-likeness (QED) is 0.790. The summed E-state index contributed by atoms with van der Waals surface area (Å²) < 4.78 is 5.66. The number of amides is 1. The van der Waals surface area contributed by atoms with Gasteiger partial charge < -0.3 is 15.0 Å². The number of morpholine rings is 1. The van der Waals surface area contributed by atoms with Gasteiger partial charge >= 0.3 is 0 Å². The molecule has 2 rings (SSSR count). The van der Waals surface area contributed by atoms with Crippen molar-refractivity contribution in [2.45, 2.75) is 25.9 Å². The minimum Gasteiger partial charge on any atom is -0.374 e. The number of nitrogens with zero attached hydrogens (tertiary/aromatic N) is 2. The van der Waals surface area contributed by atoms with Gasteiger partial charge in [0.1, 0.15) is 0 Å². The van der Waals surface area contributed by atoms with Gasteiger partial charge in [0, 0.05) is 32.7 Å². The molecule has 2 fully saturated rings. The highest BCUT2D eigenvalue weighted by atomic mass is 16.5. The highest BCUT2D eigenvalue weighted by Gasteiger charge is 2.25. The van der Waals surface area contributed by atoms with E-state index in [1.807, 2.05) is 11.9 Å². The van der Waals surface area contributed by atoms with E-state index in [0.29, 0.717) is 12.5 Å². The summed E-state index contributed by atoms with van der Waals surface area (Å²) in [5.41, 5.74) is 0. The zero-order valence-corrected chi connectivity index (χ0v) is 12.2. The van der Waals surface area contributed by atoms with Gasteiger partial charge in [-0.2, -0.15) is 0 Å². The van der Waals surface area contributed by atoms with E-state index in [0.717, 1.165) is 45.8 Å². The SMILES string of the molecule is CNCC1CN(CC(=O)N2CCCC(C)C2)CCO1. The van der Waals surface area contributed by atoms with Gasteiger partial charge in [-0.05, 0) is 25.8 Å². The maximum atomic E-state index is 12.3. The molecular formula is C14H27N3O2. The molecule has 19 heavy (non-hydrogen) atoms. The highest BCUT2D eigenvalue weighted by molar-refractivity contribution is 5.78. The average Bonchev–Trinajstić information content (AvgIpc) is 2.39. The summed E-state index contributed by atoms with van der Waals surface area (Å²) in [4.78, 5) is 16.6. The zero-order valence-electron chi connectivity index (χ0n) is 12.2. The summed E-state index contributed by atoms with van der Waals surface area (Å²) in [5, 5.41) is 3.13. The summed E-state index contributed by atoms with van der Waals surface area (Å²) in [6.45, 7) is 7.97. The minimum absolute atomic E-state index is 0.215. The van der Waals surface area contributed by atoms with Crippen LogP contribution in [0.15, 0.2) is 0 Å². The first-order valence-corrected chi connectivity index (χ1v) is 7.45. The lowest BCUT2D eigenvalue weighted by Gasteiger charge is -2.36. The third-order valence-electron chi connectivity index (χ3n) is 4.02. The Morgan fingerprint density at radius 3 is 2.95 bits per heavy atom. The maximum Gasteiger partial charge on any atom is 0.236 e. The number of ether oxygens (including phenoxy) is 1. The summed E-state index contributed by atoms with van der Waals surface area (Å²) in [6.07, 6.45) is 2.62. The van der Waals surface area contributed by atoms with Crippen molar-refractivity contribution in [1.29, 1.82) is 0 Å². The Kier molecular flexibility index (Phi) is 5.60. The first-order valence-electron chi connectivity index (χ1n) is 7.45. The van der Waals surface area contributed by atoms with Crippen LogP contribution in [-0.2, 0) is 9.53 Å². The molecule has 110 valence electrons. The molecule has 0 aromatic carbocycles. The fourth-order valence-electron chi connectivity index (χ4n) is 2.98. The number of carbonyl (C=O) groups excluding carboxylic acids is 1. The van der Waals surface area contributed by atoms with Crippen LogP contribution < -0.4 is 5.32 Å². The van der Waals surface area contributed by atoms with Crippen LogP contribution in [0.2, 0.25) is 0 Å². The van der Waals surface area contributed by atoms with E-state index in [1.54, 1.807) is 0 Å². The molecule has 0 saturated carbocycles. The van der Waals surface area contributed by atoms with E-state index < -0.39 is 0 Å². The number of rotatable bonds is 4. The van der Waals surface area contributed by atoms with E-state index in [-0.39, 0.29) is 12.0 Å². The number of likely N-dealkylation sites (tertiary alicyclic amines) is 1. The first-order chi connectivity index (χ1) is 9.19. The summed E-state index contributed by atoms with van der Waals surface area (Å²) in [6, 6.07) is 0. The molecule has 1 N–H and O–H groups in total. The van der Waals surface area contributed by atoms with Gasteiger partial charge in [0.25, 0.3) is 0 Å². The number of hydrogen-bond donors (Lipinski definition) is 1. The monoisotopic (exact) mass is 269 g/mol. The largest absolute Gasteiger partial charge is 0.374 e. The standard InChI is InChI=1S/C14H27N3O2/c1-12-4-3-5-17(9-12)14(18)11-16-6-7-19-13(10-16)8-15-2/h12-13,15H,3-11H2,1-2H3. The third kappa shape index (κ3) is 4.44. The molecule has 0 aliphatic carbocycles. The number of nitrogens with one attached hydrogen (secondary N) is 1. The topological polar surface area (TPSA) is 44.8 Å². The van der Waals surface area contributed by atoms with Gasteiger partial charge in [-0.3, -0.25) is 9.69 Å². The van der Waals surface area contributed by atoms with Gasteiger partial charge in [-0.1, -0.05) is 6.92 Å². The molecule has 2 aliphatic heterocycles. The van der Waals surface area contributed by atoms with Gasteiger partial charge in [0.2, 0.25) is 5.91 Å². The van der Waals surface area contributed by atoms with Crippen molar-refractivity contribution in [2.75, 3.05) is 52.9 Å². The lowest BCUT2D eigenvalue weighted by atomic mass is 10.0. The van der Waals surface area contributed by atoms with Crippen molar-refractivity contribution in [3.05, 3.63) is 0 Å². The predicted molar refractivity (Wildman–Crippen MR) is 75.1 cm³/mol. The fourth-order valence-corrected chi connectivity index (χ4v) is 2.98. The lowest BCUT2D eigenvalue weighted by molar-refractivity contribution is -0.136. The van der Waals surface area contributed by atoms with Crippen LogP contribution >= 0.6 is 0 Å². The maximum absolute atomic E-state index is 12.3. The third-order valence-corrected chi connectivity index (χ3v) is 4.02. The van der Waals surface area contributed by atoms with Crippen molar-refractivity contribution in [2.24, 2.45) is 5.92 Å². The van der Waals surface area contributed by atoms with E-state index in [9.17, 15) is 4.79 Å². The molecule has 0 spiro atoms. The molecule has 2 atom stereocenters. The van der Waals surface area contributed by atoms with Crippen molar-refractivity contribution in [3.8, 4) is 0 Å². The summed E-state index contributed by atoms with van der Waals surface area (Å²) >= 11 is 0. The number of hydrogen-bond acceptors (Lipinski definition) is 4. The predicted octanol–water partition coefficient (Wildman–Crippen LogP) is 0.165. The number of likely N-dealkylation sites (N-methyl/N-ethyl adjacent to an activating group) is 1. The Hall–Kier alpha value is -0.650. The highest BCUT2D eigenvalue weighted by Crippen LogP contribution is 2.16. The second kappa shape index (κ2) is 7.22. The van der Waals surface area contributed by atoms with Gasteiger partial charge in [-0.25, -0.2) is 0 Å². The van der Waals surface area contributed by atoms with Gasteiger partial charge in [-0.15, -0.1) is 0 Å². The smallest absolute Gasteiger partial charge is 0.236 e. The molecule has 5 nitrogen and oxygen atoms in total. The molecule has 0 aromatic rings. The molecule has 2 saturated heterocycles. The Balaban J connectivity index is 1.77. The molecule has 0 bridgehead atoms. The Morgan fingerprint density at radius 1 is 1.37 bits per heavy atom. The van der Waals surface area contributed by atoms with Crippen LogP contribution in [0.5, 0.6) is 0 Å². The Bertz CT molecular complexity index is 296. The van der Waals surface area contributed by atoms with Crippen molar-refractivity contribution < 1.29 is 9.53 Å². The van der Waals surface area contributed by atoms with Crippen LogP contribution in [0, 0.1) is 5.92 Å². The van der Waals surface area contributed by atoms with Crippen molar-refractivity contribution in [1.82, 2.24) is 15.1 Å². The molecular weight excluding hydrogens is 242 g/mol. The first kappa shape index (κ1) is 14.8. The normalized spacial score (nSPS) is 29.5. The summed E-state index contributed by atoms with van der Waals surface area (Å²) in [7, 11) is 1.93. The number of piperidine rings is 1. The molecule has 2 unspecified atom stereocenters. The minimum atomic E-state index is 0.215. The Labute approximate surface area is 116 Å². The molecule has 0 aromatic heterocycles. The fraction of sp³-hybridized carbons (Fsp3) is 0.929. The van der Waals surface area contributed by atoms with Crippen molar-refractivity contribution >= 4 is 5.91 Å². The second-order valence-electron chi connectivity index (χ2n) is 5.87. The van der Waals surface area contributed by atoms with Gasteiger partial charge in [0.05, 0.1) is 19.3 Å². The van der Waals surface area contributed by atoms with Gasteiger partial charge in [0.15, 0.2) is 0 Å². The lowest BCUT2D eigenvalue weighted by Crippen LogP contribution is -2.51. The van der Waals surface area contributed by atoms with Crippen LogP contribution in [0.4, 0.5) is 0 Å². The zero-order chi connectivity index (χ0) is 13.7. The van der Waals surface area contributed by atoms with E-state index >= 15 is 0 Å². The van der Waals surface area contributed by atoms with Crippen LogP contribution in [-0.4, -0.2) is 74.7 Å². The average molecular weight is 269 g/mol. The Morgan fingerprint density at radius 2 is 2.21 bits per heavy atom. The van der Waals surface area contributed by atoms with E-state index in [2.05, 4.69) is 17.1 Å². The molecule has 2 heterocycles.